The standard InChI is InChI=1S/C12H15N5O3S2/c1-5-14-15-12(16(5)2)22-4-6-3-21-10-7(13)9(18)17(10)8(6)11(19)20/h7,10H,3-4,13H2,1-2H3,(H,19,20)/t7?,10-/m1/s1. The van der Waals surface area contributed by atoms with Crippen molar-refractivity contribution in [2.24, 2.45) is 12.8 Å². The van der Waals surface area contributed by atoms with Crippen molar-refractivity contribution in [3.05, 3.63) is 17.1 Å². The molecule has 1 unspecified atom stereocenters. The molecule has 0 saturated carbocycles. The highest BCUT2D eigenvalue weighted by Crippen LogP contribution is 2.40. The zero-order valence-electron chi connectivity index (χ0n) is 12.0. The van der Waals surface area contributed by atoms with Crippen LogP contribution in [0.3, 0.4) is 0 Å². The zero-order chi connectivity index (χ0) is 16.0. The summed E-state index contributed by atoms with van der Waals surface area (Å²) in [5, 5.41) is 17.9. The van der Waals surface area contributed by atoms with Crippen LogP contribution in [0.2, 0.25) is 0 Å². The first-order valence-corrected chi connectivity index (χ1v) is 8.59. The van der Waals surface area contributed by atoms with Crippen molar-refractivity contribution in [1.29, 1.82) is 0 Å². The predicted octanol–water partition coefficient (Wildman–Crippen LogP) is -0.203. The Kier molecular flexibility index (Phi) is 3.91. The fraction of sp³-hybridized carbons (Fsp3) is 0.500. The molecule has 3 N–H and O–H groups in total. The first-order valence-electron chi connectivity index (χ1n) is 6.56. The van der Waals surface area contributed by atoms with Gasteiger partial charge in [-0.3, -0.25) is 9.69 Å². The predicted molar refractivity (Wildman–Crippen MR) is 82.2 cm³/mol. The number of rotatable bonds is 4. The molecule has 0 spiro atoms. The largest absolute Gasteiger partial charge is 0.477 e. The van der Waals surface area contributed by atoms with Gasteiger partial charge >= 0.3 is 5.97 Å². The van der Waals surface area contributed by atoms with Gasteiger partial charge in [-0.15, -0.1) is 22.0 Å². The Labute approximate surface area is 135 Å². The van der Waals surface area contributed by atoms with Gasteiger partial charge < -0.3 is 15.4 Å². The van der Waals surface area contributed by atoms with Crippen LogP contribution in [-0.2, 0) is 16.6 Å². The molecule has 118 valence electrons. The molecule has 0 aromatic carbocycles. The molecule has 3 rings (SSSR count). The van der Waals surface area contributed by atoms with Crippen molar-refractivity contribution in [2.75, 3.05) is 11.5 Å². The average Bonchev–Trinajstić information content (AvgIpc) is 2.82. The summed E-state index contributed by atoms with van der Waals surface area (Å²) in [7, 11) is 1.85. The summed E-state index contributed by atoms with van der Waals surface area (Å²) in [6, 6.07) is -0.602. The minimum Gasteiger partial charge on any atom is -0.477 e. The number of carbonyl (C=O) groups excluding carboxylic acids is 1. The van der Waals surface area contributed by atoms with Crippen molar-refractivity contribution < 1.29 is 14.7 Å². The summed E-state index contributed by atoms with van der Waals surface area (Å²) in [6.07, 6.45) is 0. The molecule has 1 fully saturated rings. The minimum absolute atomic E-state index is 0.0711. The molecular weight excluding hydrogens is 326 g/mol. The van der Waals surface area contributed by atoms with Crippen LogP contribution in [-0.4, -0.2) is 59.6 Å². The highest BCUT2D eigenvalue weighted by Gasteiger charge is 2.51. The second-order valence-corrected chi connectivity index (χ2v) is 7.12. The van der Waals surface area contributed by atoms with E-state index in [4.69, 9.17) is 5.73 Å². The van der Waals surface area contributed by atoms with Gasteiger partial charge in [-0.05, 0) is 12.5 Å². The summed E-state index contributed by atoms with van der Waals surface area (Å²) in [4.78, 5) is 24.7. The normalized spacial score (nSPS) is 24.3. The lowest BCUT2D eigenvalue weighted by molar-refractivity contribution is -0.147. The molecule has 0 aliphatic carbocycles. The number of hydrogen-bond acceptors (Lipinski definition) is 7. The highest BCUT2D eigenvalue weighted by molar-refractivity contribution is 8.01. The first kappa shape index (κ1) is 15.4. The number of aryl methyl sites for hydroxylation is 1. The second kappa shape index (κ2) is 5.60. The molecule has 3 heterocycles. The molecule has 2 aliphatic heterocycles. The third-order valence-corrected chi connectivity index (χ3v) is 6.19. The lowest BCUT2D eigenvalue weighted by Crippen LogP contribution is -2.68. The van der Waals surface area contributed by atoms with E-state index < -0.39 is 12.0 Å². The monoisotopic (exact) mass is 341 g/mol. The number of hydrogen-bond donors (Lipinski definition) is 2. The number of carboxylic acids is 1. The Balaban J connectivity index is 1.83. The van der Waals surface area contributed by atoms with Gasteiger partial charge in [0.25, 0.3) is 0 Å². The lowest BCUT2D eigenvalue weighted by Gasteiger charge is -2.48. The van der Waals surface area contributed by atoms with E-state index in [9.17, 15) is 14.7 Å². The summed E-state index contributed by atoms with van der Waals surface area (Å²) in [5.41, 5.74) is 6.50. The van der Waals surface area contributed by atoms with Crippen molar-refractivity contribution in [1.82, 2.24) is 19.7 Å². The molecule has 2 aliphatic rings. The number of amides is 1. The summed E-state index contributed by atoms with van der Waals surface area (Å²) in [5.74, 6) is 0.374. The summed E-state index contributed by atoms with van der Waals surface area (Å²) < 4.78 is 1.84. The molecule has 10 heteroatoms. The maximum atomic E-state index is 11.8. The van der Waals surface area contributed by atoms with E-state index >= 15 is 0 Å². The van der Waals surface area contributed by atoms with E-state index in [2.05, 4.69) is 10.2 Å². The Morgan fingerprint density at radius 2 is 2.27 bits per heavy atom. The fourth-order valence-corrected chi connectivity index (χ4v) is 4.74. The molecule has 1 aromatic rings. The van der Waals surface area contributed by atoms with E-state index in [1.165, 1.54) is 28.4 Å². The maximum absolute atomic E-state index is 11.8. The SMILES string of the molecule is Cc1nnc(SCC2=C(C(=O)O)N3C(=O)C(N)[C@H]3SC2)n1C. The number of aliphatic carboxylic acids is 1. The number of nitrogens with zero attached hydrogens (tertiary/aromatic N) is 4. The molecule has 0 bridgehead atoms. The van der Waals surface area contributed by atoms with Gasteiger partial charge in [0, 0.05) is 18.6 Å². The zero-order valence-corrected chi connectivity index (χ0v) is 13.6. The van der Waals surface area contributed by atoms with Crippen LogP contribution in [0.4, 0.5) is 0 Å². The van der Waals surface area contributed by atoms with Crippen molar-refractivity contribution >= 4 is 35.4 Å². The van der Waals surface area contributed by atoms with Gasteiger partial charge in [-0.25, -0.2) is 4.79 Å². The van der Waals surface area contributed by atoms with Crippen molar-refractivity contribution in [3.63, 3.8) is 0 Å². The quantitative estimate of drug-likeness (QED) is 0.571. The second-order valence-electron chi connectivity index (χ2n) is 5.07. The molecule has 22 heavy (non-hydrogen) atoms. The molecule has 0 radical (unpaired) electrons. The van der Waals surface area contributed by atoms with Gasteiger partial charge in [0.1, 0.15) is 22.9 Å². The van der Waals surface area contributed by atoms with Gasteiger partial charge in [0.05, 0.1) is 0 Å². The van der Waals surface area contributed by atoms with Crippen LogP contribution in [0.15, 0.2) is 16.4 Å². The molecule has 1 aromatic heterocycles. The molecular formula is C12H15N5O3S2. The Morgan fingerprint density at radius 1 is 1.55 bits per heavy atom. The van der Waals surface area contributed by atoms with Crippen molar-refractivity contribution in [2.45, 2.75) is 23.5 Å². The average molecular weight is 341 g/mol. The molecule has 8 nitrogen and oxygen atoms in total. The van der Waals surface area contributed by atoms with Gasteiger partial charge in [0.2, 0.25) is 5.91 Å². The van der Waals surface area contributed by atoms with Gasteiger partial charge in [0.15, 0.2) is 5.16 Å². The number of thioether (sulfide) groups is 2. The Morgan fingerprint density at radius 3 is 2.86 bits per heavy atom. The highest BCUT2D eigenvalue weighted by atomic mass is 32.2. The van der Waals surface area contributed by atoms with E-state index in [-0.39, 0.29) is 17.0 Å². The smallest absolute Gasteiger partial charge is 0.352 e. The van der Waals surface area contributed by atoms with Crippen LogP contribution in [0.25, 0.3) is 0 Å². The Hall–Kier alpha value is -1.52. The van der Waals surface area contributed by atoms with E-state index in [0.29, 0.717) is 22.2 Å². The van der Waals surface area contributed by atoms with Crippen LogP contribution in [0.5, 0.6) is 0 Å². The minimum atomic E-state index is -1.09. The topological polar surface area (TPSA) is 114 Å². The van der Waals surface area contributed by atoms with Crippen LogP contribution in [0, 0.1) is 6.92 Å². The number of aromatic nitrogens is 3. The molecule has 2 atom stereocenters. The van der Waals surface area contributed by atoms with Crippen LogP contribution in [0.1, 0.15) is 5.82 Å². The van der Waals surface area contributed by atoms with Gasteiger partial charge in [-0.1, -0.05) is 11.8 Å². The lowest BCUT2D eigenvalue weighted by atomic mass is 10.0. The number of fused-ring (bicyclic) bond motifs is 1. The number of carboxylic acid groups (broad SMARTS) is 1. The van der Waals surface area contributed by atoms with Crippen LogP contribution < -0.4 is 5.73 Å². The number of nitrogens with two attached hydrogens (primary N) is 1. The van der Waals surface area contributed by atoms with E-state index in [0.717, 1.165) is 5.82 Å². The van der Waals surface area contributed by atoms with Gasteiger partial charge in [-0.2, -0.15) is 0 Å². The molecule has 1 amide bonds. The van der Waals surface area contributed by atoms with E-state index in [1.54, 1.807) is 0 Å². The van der Waals surface area contributed by atoms with Crippen molar-refractivity contribution in [3.8, 4) is 0 Å². The third kappa shape index (κ3) is 2.31. The number of carbonyl (C=O) groups is 2. The fourth-order valence-electron chi connectivity index (χ4n) is 2.36. The van der Waals surface area contributed by atoms with Crippen LogP contribution >= 0.6 is 23.5 Å². The third-order valence-electron chi connectivity index (χ3n) is 3.72. The number of β-lactam (4-membered cyclic amide) rings is 1. The summed E-state index contributed by atoms with van der Waals surface area (Å²) >= 11 is 2.91. The van der Waals surface area contributed by atoms with E-state index in [1.807, 2.05) is 18.5 Å². The first-order chi connectivity index (χ1) is 10.4. The Bertz CT molecular complexity index is 686. The molecule has 1 saturated heterocycles. The maximum Gasteiger partial charge on any atom is 0.352 e. The summed E-state index contributed by atoms with van der Waals surface area (Å²) in [6.45, 7) is 1.85.